The normalized spacial score (nSPS) is 11.4. The van der Waals surface area contributed by atoms with Crippen LogP contribution in [0.3, 0.4) is 0 Å². The van der Waals surface area contributed by atoms with E-state index in [9.17, 15) is 18.0 Å². The summed E-state index contributed by atoms with van der Waals surface area (Å²) in [7, 11) is 0. The molecule has 0 bridgehead atoms. The van der Waals surface area contributed by atoms with Crippen LogP contribution in [0, 0.1) is 6.92 Å². The number of aryl methyl sites for hydroxylation is 1. The molecule has 0 aliphatic rings. The monoisotopic (exact) mass is 220 g/mol. The van der Waals surface area contributed by atoms with Crippen molar-refractivity contribution in [3.8, 4) is 0 Å². The summed E-state index contributed by atoms with van der Waals surface area (Å²) in [6.45, 7) is 1.66. The van der Waals surface area contributed by atoms with Crippen molar-refractivity contribution in [1.82, 2.24) is 0 Å². The Morgan fingerprint density at radius 1 is 1.29 bits per heavy atom. The van der Waals surface area contributed by atoms with Gasteiger partial charge in [-0.15, -0.1) is 0 Å². The second-order valence-corrected chi connectivity index (χ2v) is 3.67. The number of carbonyl (C=O) groups is 1. The second kappa shape index (κ2) is 4.04. The fourth-order valence-corrected chi connectivity index (χ4v) is 1.52. The van der Waals surface area contributed by atoms with Crippen LogP contribution in [0.5, 0.6) is 0 Å². The van der Waals surface area contributed by atoms with Crippen LogP contribution in [0.25, 0.3) is 0 Å². The van der Waals surface area contributed by atoms with E-state index in [1.807, 2.05) is 0 Å². The topological polar surface area (TPSA) is 17.1 Å². The molecule has 5 heteroatoms. The van der Waals surface area contributed by atoms with Gasteiger partial charge in [0.05, 0.1) is 0 Å². The molecule has 0 amide bonds. The van der Waals surface area contributed by atoms with Gasteiger partial charge in [-0.2, -0.15) is 13.2 Å². The standard InChI is InChI=1S/C9H7F3OS/c1-6-4-2-3-5-7(6)14-8(13)9(10,11)12/h2-5H,1H3. The maximum atomic E-state index is 11.9. The van der Waals surface area contributed by atoms with E-state index in [4.69, 9.17) is 0 Å². The summed E-state index contributed by atoms with van der Waals surface area (Å²) in [6.07, 6.45) is -4.77. The second-order valence-electron chi connectivity index (χ2n) is 2.65. The summed E-state index contributed by atoms with van der Waals surface area (Å²) >= 11 is 0.213. The predicted molar refractivity (Wildman–Crippen MR) is 48.1 cm³/mol. The maximum Gasteiger partial charge on any atom is 0.461 e. The van der Waals surface area contributed by atoms with E-state index in [2.05, 4.69) is 0 Å². The van der Waals surface area contributed by atoms with Crippen LogP contribution in [-0.4, -0.2) is 11.3 Å². The average Bonchev–Trinajstić information content (AvgIpc) is 2.07. The summed E-state index contributed by atoms with van der Waals surface area (Å²) in [5.74, 6) is 0. The SMILES string of the molecule is Cc1ccccc1SC(=O)C(F)(F)F. The van der Waals surface area contributed by atoms with Crippen LogP contribution in [-0.2, 0) is 4.79 Å². The van der Waals surface area contributed by atoms with Gasteiger partial charge in [-0.3, -0.25) is 4.79 Å². The summed E-state index contributed by atoms with van der Waals surface area (Å²) in [5.41, 5.74) is 0.662. The molecular formula is C9H7F3OS. The molecule has 0 atom stereocenters. The van der Waals surface area contributed by atoms with Gasteiger partial charge in [-0.1, -0.05) is 18.2 Å². The molecule has 0 aliphatic carbocycles. The summed E-state index contributed by atoms with van der Waals surface area (Å²) in [5, 5.41) is -1.79. The third kappa shape index (κ3) is 2.77. The molecule has 14 heavy (non-hydrogen) atoms. The minimum atomic E-state index is -4.77. The van der Waals surface area contributed by atoms with Crippen molar-refractivity contribution in [1.29, 1.82) is 0 Å². The Morgan fingerprint density at radius 3 is 2.36 bits per heavy atom. The zero-order chi connectivity index (χ0) is 10.8. The van der Waals surface area contributed by atoms with Gasteiger partial charge in [-0.25, -0.2) is 0 Å². The van der Waals surface area contributed by atoms with Crippen LogP contribution in [0.15, 0.2) is 29.2 Å². The predicted octanol–water partition coefficient (Wildman–Crippen LogP) is 3.18. The minimum Gasteiger partial charge on any atom is -0.276 e. The van der Waals surface area contributed by atoms with Crippen LogP contribution in [0.4, 0.5) is 13.2 Å². The number of thioether (sulfide) groups is 1. The molecule has 0 aromatic heterocycles. The fraction of sp³-hybridized carbons (Fsp3) is 0.222. The lowest BCUT2D eigenvalue weighted by atomic mass is 10.2. The highest BCUT2D eigenvalue weighted by Gasteiger charge is 2.39. The molecule has 0 aliphatic heterocycles. The first-order valence-corrected chi connectivity index (χ1v) is 4.57. The molecule has 0 heterocycles. The van der Waals surface area contributed by atoms with Gasteiger partial charge < -0.3 is 0 Å². The summed E-state index contributed by atoms with van der Waals surface area (Å²) in [6, 6.07) is 6.45. The molecule has 0 unspecified atom stereocenters. The number of carbonyl (C=O) groups excluding carboxylic acids is 1. The molecule has 0 saturated heterocycles. The van der Waals surface area contributed by atoms with E-state index in [0.717, 1.165) is 0 Å². The van der Waals surface area contributed by atoms with Gasteiger partial charge >= 0.3 is 6.18 Å². The van der Waals surface area contributed by atoms with Crippen molar-refractivity contribution in [2.75, 3.05) is 0 Å². The quantitative estimate of drug-likeness (QED) is 0.676. The van der Waals surface area contributed by atoms with Crippen LogP contribution in [0.2, 0.25) is 0 Å². The number of hydrogen-bond donors (Lipinski definition) is 0. The van der Waals surface area contributed by atoms with E-state index in [1.54, 1.807) is 25.1 Å². The number of alkyl halides is 3. The van der Waals surface area contributed by atoms with Crippen LogP contribution < -0.4 is 0 Å². The third-order valence-electron chi connectivity index (χ3n) is 1.53. The molecule has 1 aromatic rings. The Balaban J connectivity index is 2.80. The van der Waals surface area contributed by atoms with Crippen molar-refractivity contribution in [2.24, 2.45) is 0 Å². The Labute approximate surface area is 83.3 Å². The third-order valence-corrected chi connectivity index (χ3v) is 2.62. The van der Waals surface area contributed by atoms with Gasteiger partial charge in [0.25, 0.3) is 5.12 Å². The van der Waals surface area contributed by atoms with Gasteiger partial charge in [-0.05, 0) is 30.3 Å². The highest BCUT2D eigenvalue weighted by Crippen LogP contribution is 2.30. The molecule has 0 N–H and O–H groups in total. The first-order valence-electron chi connectivity index (χ1n) is 3.76. The molecule has 0 radical (unpaired) electrons. The zero-order valence-electron chi connectivity index (χ0n) is 7.26. The average molecular weight is 220 g/mol. The highest BCUT2D eigenvalue weighted by molar-refractivity contribution is 8.13. The molecule has 0 spiro atoms. The van der Waals surface area contributed by atoms with E-state index in [0.29, 0.717) is 10.5 Å². The van der Waals surface area contributed by atoms with Gasteiger partial charge in [0.1, 0.15) is 0 Å². The maximum absolute atomic E-state index is 11.9. The first-order chi connectivity index (χ1) is 6.41. The van der Waals surface area contributed by atoms with Gasteiger partial charge in [0.15, 0.2) is 0 Å². The zero-order valence-corrected chi connectivity index (χ0v) is 8.08. The Kier molecular flexibility index (Phi) is 3.21. The molecular weight excluding hydrogens is 213 g/mol. The highest BCUT2D eigenvalue weighted by atomic mass is 32.2. The van der Waals surface area contributed by atoms with E-state index in [1.165, 1.54) is 6.07 Å². The Bertz CT molecular complexity index is 346. The summed E-state index contributed by atoms with van der Waals surface area (Å²) in [4.78, 5) is 11.0. The lowest BCUT2D eigenvalue weighted by Gasteiger charge is -2.06. The molecule has 76 valence electrons. The van der Waals surface area contributed by atoms with Crippen molar-refractivity contribution >= 4 is 16.9 Å². The summed E-state index contributed by atoms with van der Waals surface area (Å²) < 4.78 is 35.7. The molecule has 0 fully saturated rings. The fourth-order valence-electron chi connectivity index (χ4n) is 0.829. The lowest BCUT2D eigenvalue weighted by Crippen LogP contribution is -2.18. The van der Waals surface area contributed by atoms with Crippen molar-refractivity contribution in [3.05, 3.63) is 29.8 Å². The largest absolute Gasteiger partial charge is 0.461 e. The van der Waals surface area contributed by atoms with E-state index in [-0.39, 0.29) is 11.8 Å². The first kappa shape index (κ1) is 11.1. The lowest BCUT2D eigenvalue weighted by molar-refractivity contribution is -0.160. The molecule has 1 rings (SSSR count). The molecule has 1 aromatic carbocycles. The number of halogens is 3. The Morgan fingerprint density at radius 2 is 1.86 bits per heavy atom. The number of benzene rings is 1. The number of rotatable bonds is 1. The van der Waals surface area contributed by atoms with Crippen molar-refractivity contribution in [2.45, 2.75) is 18.0 Å². The van der Waals surface area contributed by atoms with E-state index >= 15 is 0 Å². The van der Waals surface area contributed by atoms with Crippen molar-refractivity contribution in [3.63, 3.8) is 0 Å². The van der Waals surface area contributed by atoms with Crippen LogP contribution in [0.1, 0.15) is 5.56 Å². The van der Waals surface area contributed by atoms with Crippen molar-refractivity contribution < 1.29 is 18.0 Å². The smallest absolute Gasteiger partial charge is 0.276 e. The molecule has 1 nitrogen and oxygen atoms in total. The number of hydrogen-bond acceptors (Lipinski definition) is 2. The Hall–Kier alpha value is -0.970. The van der Waals surface area contributed by atoms with Gasteiger partial charge in [0.2, 0.25) is 0 Å². The molecule has 0 saturated carbocycles. The minimum absolute atomic E-state index is 0.213. The van der Waals surface area contributed by atoms with E-state index < -0.39 is 11.3 Å². The van der Waals surface area contributed by atoms with Crippen LogP contribution >= 0.6 is 11.8 Å². The van der Waals surface area contributed by atoms with Gasteiger partial charge in [0, 0.05) is 4.90 Å².